The molecule has 0 atom stereocenters. The Morgan fingerprint density at radius 2 is 2.05 bits per heavy atom. The van der Waals surface area contributed by atoms with E-state index in [2.05, 4.69) is 15.6 Å². The van der Waals surface area contributed by atoms with Gasteiger partial charge in [-0.05, 0) is 5.56 Å². The molecule has 0 fully saturated rings. The Morgan fingerprint density at radius 1 is 1.29 bits per heavy atom. The topological polar surface area (TPSA) is 101 Å². The predicted octanol–water partition coefficient (Wildman–Crippen LogP) is 2.39. The summed E-state index contributed by atoms with van der Waals surface area (Å²) in [6.07, 6.45) is -0.613. The lowest BCUT2D eigenvalue weighted by molar-refractivity contribution is -0.134. The highest BCUT2D eigenvalue weighted by atomic mass is 32.1. The number of carbonyl (C=O) groups excluding carboxylic acids is 1. The van der Waals surface area contributed by atoms with Crippen molar-refractivity contribution in [3.8, 4) is 0 Å². The Morgan fingerprint density at radius 3 is 2.76 bits per heavy atom. The minimum Gasteiger partial charge on any atom is -0.480 e. The molecule has 0 saturated heterocycles. The van der Waals surface area contributed by atoms with Crippen molar-refractivity contribution in [3.63, 3.8) is 0 Å². The van der Waals surface area contributed by atoms with Crippen molar-refractivity contribution >= 4 is 34.3 Å². The molecule has 1 aromatic carbocycles. The second kappa shape index (κ2) is 7.25. The van der Waals surface area contributed by atoms with E-state index < -0.39 is 12.1 Å². The first-order valence-corrected chi connectivity index (χ1v) is 6.90. The quantitative estimate of drug-likeness (QED) is 0.757. The number of benzene rings is 1. The number of nitrogens with one attached hydrogen (secondary N) is 2. The van der Waals surface area contributed by atoms with Crippen molar-refractivity contribution in [2.45, 2.75) is 6.61 Å². The third kappa shape index (κ3) is 5.11. The fraction of sp³-hybridized carbons (Fsp3) is 0.154. The van der Waals surface area contributed by atoms with Gasteiger partial charge in [0.05, 0.1) is 0 Å². The first kappa shape index (κ1) is 14.8. The smallest absolute Gasteiger partial charge is 0.413 e. The molecule has 1 aromatic heterocycles. The average molecular weight is 307 g/mol. The van der Waals surface area contributed by atoms with Gasteiger partial charge in [0.2, 0.25) is 0 Å². The van der Waals surface area contributed by atoms with Crippen LogP contribution in [-0.2, 0) is 16.1 Å². The van der Waals surface area contributed by atoms with Crippen LogP contribution in [0.3, 0.4) is 0 Å². The third-order valence-corrected chi connectivity index (χ3v) is 3.10. The minimum absolute atomic E-state index is 0.169. The van der Waals surface area contributed by atoms with E-state index in [1.165, 1.54) is 11.3 Å². The lowest BCUT2D eigenvalue weighted by Crippen LogP contribution is -2.14. The Kier molecular flexibility index (Phi) is 5.10. The van der Waals surface area contributed by atoms with Gasteiger partial charge in [0, 0.05) is 5.38 Å². The molecular weight excluding hydrogens is 294 g/mol. The minimum atomic E-state index is -0.986. The molecule has 0 unspecified atom stereocenters. The maximum Gasteiger partial charge on any atom is 0.413 e. The zero-order valence-electron chi connectivity index (χ0n) is 10.9. The average Bonchev–Trinajstić information content (AvgIpc) is 2.91. The zero-order valence-corrected chi connectivity index (χ0v) is 11.7. The summed E-state index contributed by atoms with van der Waals surface area (Å²) in [6, 6.07) is 9.30. The number of aromatic nitrogens is 1. The molecule has 0 aliphatic rings. The highest BCUT2D eigenvalue weighted by Crippen LogP contribution is 2.19. The normalized spacial score (nSPS) is 9.90. The van der Waals surface area contributed by atoms with E-state index in [0.29, 0.717) is 10.9 Å². The Balaban J connectivity index is 1.78. The molecule has 110 valence electrons. The van der Waals surface area contributed by atoms with Gasteiger partial charge in [-0.1, -0.05) is 30.3 Å². The molecular formula is C13H13N3O4S. The van der Waals surface area contributed by atoms with E-state index in [4.69, 9.17) is 9.84 Å². The van der Waals surface area contributed by atoms with Gasteiger partial charge in [0.15, 0.2) is 5.13 Å². The number of hydrogen-bond donors (Lipinski definition) is 3. The number of rotatable bonds is 6. The molecule has 2 rings (SSSR count). The standard InChI is InChI=1S/C13H13N3O4S/c17-11(18)6-14-10-8-21-12(15-10)16-13(19)20-7-9-4-2-1-3-5-9/h1-5,8,14H,6-7H2,(H,17,18)(H,15,16,19). The van der Waals surface area contributed by atoms with Gasteiger partial charge in [0.1, 0.15) is 19.0 Å². The van der Waals surface area contributed by atoms with Crippen LogP contribution < -0.4 is 10.6 Å². The highest BCUT2D eigenvalue weighted by Gasteiger charge is 2.08. The Labute approximate surface area is 124 Å². The number of nitrogens with zero attached hydrogens (tertiary/aromatic N) is 1. The van der Waals surface area contributed by atoms with Gasteiger partial charge in [-0.25, -0.2) is 9.78 Å². The van der Waals surface area contributed by atoms with E-state index in [1.807, 2.05) is 30.3 Å². The second-order valence-electron chi connectivity index (χ2n) is 3.97. The van der Waals surface area contributed by atoms with Gasteiger partial charge in [0.25, 0.3) is 0 Å². The number of thiazole rings is 1. The maximum atomic E-state index is 11.6. The van der Waals surface area contributed by atoms with Crippen LogP contribution >= 0.6 is 11.3 Å². The summed E-state index contributed by atoms with van der Waals surface area (Å²) in [4.78, 5) is 26.0. The van der Waals surface area contributed by atoms with Crippen LogP contribution in [0.5, 0.6) is 0 Å². The molecule has 0 bridgehead atoms. The second-order valence-corrected chi connectivity index (χ2v) is 4.83. The van der Waals surface area contributed by atoms with Crippen molar-refractivity contribution in [1.29, 1.82) is 0 Å². The molecule has 21 heavy (non-hydrogen) atoms. The molecule has 0 aliphatic heterocycles. The van der Waals surface area contributed by atoms with Gasteiger partial charge in [-0.3, -0.25) is 10.1 Å². The van der Waals surface area contributed by atoms with Crippen molar-refractivity contribution in [3.05, 3.63) is 41.3 Å². The van der Waals surface area contributed by atoms with Crippen molar-refractivity contribution in [1.82, 2.24) is 4.98 Å². The number of anilines is 2. The van der Waals surface area contributed by atoms with Crippen LogP contribution in [0.1, 0.15) is 5.56 Å². The van der Waals surface area contributed by atoms with Gasteiger partial charge >= 0.3 is 12.1 Å². The summed E-state index contributed by atoms with van der Waals surface area (Å²) in [5.74, 6) is -0.597. The fourth-order valence-corrected chi connectivity index (χ4v) is 2.08. The zero-order chi connectivity index (χ0) is 15.1. The third-order valence-electron chi connectivity index (χ3n) is 2.35. The predicted molar refractivity (Wildman–Crippen MR) is 78.5 cm³/mol. The number of carboxylic acids is 1. The first-order valence-electron chi connectivity index (χ1n) is 6.02. The van der Waals surface area contributed by atoms with E-state index in [0.717, 1.165) is 5.56 Å². The SMILES string of the molecule is O=C(O)CNc1csc(NC(=O)OCc2ccccc2)n1. The van der Waals surface area contributed by atoms with Crippen molar-refractivity contribution in [2.24, 2.45) is 0 Å². The lowest BCUT2D eigenvalue weighted by atomic mass is 10.2. The number of aliphatic carboxylic acids is 1. The van der Waals surface area contributed by atoms with Crippen molar-refractivity contribution in [2.75, 3.05) is 17.2 Å². The number of amides is 1. The van der Waals surface area contributed by atoms with Crippen molar-refractivity contribution < 1.29 is 19.4 Å². The summed E-state index contributed by atoms with van der Waals surface area (Å²) in [6.45, 7) is -0.0657. The summed E-state index contributed by atoms with van der Waals surface area (Å²) in [5, 5.41) is 15.6. The molecule has 0 spiro atoms. The van der Waals surface area contributed by atoms with Crippen LogP contribution in [-0.4, -0.2) is 28.7 Å². The van der Waals surface area contributed by atoms with E-state index in [9.17, 15) is 9.59 Å². The Bertz CT molecular complexity index is 615. The molecule has 3 N–H and O–H groups in total. The number of ether oxygens (including phenoxy) is 1. The van der Waals surface area contributed by atoms with Crippen LogP contribution in [0.25, 0.3) is 0 Å². The molecule has 0 radical (unpaired) electrons. The summed E-state index contributed by atoms with van der Waals surface area (Å²) < 4.78 is 5.04. The van der Waals surface area contributed by atoms with Gasteiger partial charge in [-0.2, -0.15) is 0 Å². The monoisotopic (exact) mass is 307 g/mol. The molecule has 1 heterocycles. The molecule has 1 amide bonds. The molecule has 7 nitrogen and oxygen atoms in total. The van der Waals surface area contributed by atoms with E-state index in [-0.39, 0.29) is 13.2 Å². The van der Waals surface area contributed by atoms with Crippen LogP contribution in [0.15, 0.2) is 35.7 Å². The fourth-order valence-electron chi connectivity index (χ4n) is 1.43. The van der Waals surface area contributed by atoms with Crippen LogP contribution in [0.2, 0.25) is 0 Å². The molecule has 8 heteroatoms. The van der Waals surface area contributed by atoms with Crippen LogP contribution in [0.4, 0.5) is 15.7 Å². The lowest BCUT2D eigenvalue weighted by Gasteiger charge is -2.04. The number of carbonyl (C=O) groups is 2. The van der Waals surface area contributed by atoms with Gasteiger partial charge < -0.3 is 15.2 Å². The summed E-state index contributed by atoms with van der Waals surface area (Å²) >= 11 is 1.17. The number of hydrogen-bond acceptors (Lipinski definition) is 6. The molecule has 2 aromatic rings. The largest absolute Gasteiger partial charge is 0.480 e. The maximum absolute atomic E-state index is 11.6. The Hall–Kier alpha value is -2.61. The van der Waals surface area contributed by atoms with E-state index >= 15 is 0 Å². The van der Waals surface area contributed by atoms with Crippen LogP contribution in [0, 0.1) is 0 Å². The van der Waals surface area contributed by atoms with Gasteiger partial charge in [-0.15, -0.1) is 11.3 Å². The highest BCUT2D eigenvalue weighted by molar-refractivity contribution is 7.14. The summed E-state index contributed by atoms with van der Waals surface area (Å²) in [7, 11) is 0. The van der Waals surface area contributed by atoms with E-state index in [1.54, 1.807) is 5.38 Å². The first-order chi connectivity index (χ1) is 10.1. The molecule has 0 saturated carbocycles. The molecule has 0 aliphatic carbocycles. The number of carboxylic acid groups (broad SMARTS) is 1. The summed E-state index contributed by atoms with van der Waals surface area (Å²) in [5.41, 5.74) is 0.885.